The molecular formula is C14H21ClN2O. The highest BCUT2D eigenvalue weighted by atomic mass is 35.5. The third-order valence-electron chi connectivity index (χ3n) is 2.87. The molecule has 1 heterocycles. The quantitative estimate of drug-likeness (QED) is 0.853. The van der Waals surface area contributed by atoms with E-state index in [-0.39, 0.29) is 17.4 Å². The fourth-order valence-electron chi connectivity index (χ4n) is 1.73. The number of carbonyl (C=O) groups excluding carboxylic acids is 1. The SMILES string of the molecule is Cc1cccc(C(=O)NC(CCCl)C(C)(C)C)n1. The van der Waals surface area contributed by atoms with Crippen LogP contribution in [0.15, 0.2) is 18.2 Å². The zero-order valence-electron chi connectivity index (χ0n) is 11.5. The number of aromatic nitrogens is 1. The highest BCUT2D eigenvalue weighted by Crippen LogP contribution is 2.22. The second kappa shape index (κ2) is 6.19. The van der Waals surface area contributed by atoms with Crippen molar-refractivity contribution >= 4 is 17.5 Å². The van der Waals surface area contributed by atoms with Crippen molar-refractivity contribution < 1.29 is 4.79 Å². The number of hydrogen-bond donors (Lipinski definition) is 1. The summed E-state index contributed by atoms with van der Waals surface area (Å²) in [6, 6.07) is 5.48. The molecule has 0 bridgehead atoms. The van der Waals surface area contributed by atoms with Gasteiger partial charge in [0.05, 0.1) is 0 Å². The molecule has 1 aromatic rings. The molecule has 0 fully saturated rings. The first-order chi connectivity index (χ1) is 8.34. The van der Waals surface area contributed by atoms with Gasteiger partial charge in [0.2, 0.25) is 0 Å². The molecular weight excluding hydrogens is 248 g/mol. The van der Waals surface area contributed by atoms with Crippen LogP contribution in [-0.4, -0.2) is 22.8 Å². The van der Waals surface area contributed by atoms with E-state index in [4.69, 9.17) is 11.6 Å². The highest BCUT2D eigenvalue weighted by molar-refractivity contribution is 6.17. The number of rotatable bonds is 4. The van der Waals surface area contributed by atoms with Gasteiger partial charge in [0.15, 0.2) is 0 Å². The van der Waals surface area contributed by atoms with Gasteiger partial charge in [-0.15, -0.1) is 11.6 Å². The summed E-state index contributed by atoms with van der Waals surface area (Å²) in [5, 5.41) is 3.02. The lowest BCUT2D eigenvalue weighted by Crippen LogP contribution is -2.44. The summed E-state index contributed by atoms with van der Waals surface area (Å²) in [7, 11) is 0. The number of halogens is 1. The first-order valence-electron chi connectivity index (χ1n) is 6.15. The Kier molecular flexibility index (Phi) is 5.15. The molecule has 0 radical (unpaired) electrons. The Balaban J connectivity index is 2.79. The molecule has 1 N–H and O–H groups in total. The lowest BCUT2D eigenvalue weighted by atomic mass is 9.85. The van der Waals surface area contributed by atoms with Crippen LogP contribution in [0.3, 0.4) is 0 Å². The molecule has 0 saturated heterocycles. The molecule has 3 nitrogen and oxygen atoms in total. The maximum atomic E-state index is 12.1. The van der Waals surface area contributed by atoms with Crippen molar-refractivity contribution in [2.24, 2.45) is 5.41 Å². The van der Waals surface area contributed by atoms with Crippen LogP contribution in [0.5, 0.6) is 0 Å². The molecule has 1 amide bonds. The number of alkyl halides is 1. The third-order valence-corrected chi connectivity index (χ3v) is 3.09. The van der Waals surface area contributed by atoms with Crippen molar-refractivity contribution in [3.05, 3.63) is 29.6 Å². The molecule has 0 aliphatic rings. The highest BCUT2D eigenvalue weighted by Gasteiger charge is 2.26. The Hall–Kier alpha value is -1.09. The summed E-state index contributed by atoms with van der Waals surface area (Å²) in [6.07, 6.45) is 0.753. The van der Waals surface area contributed by atoms with Crippen molar-refractivity contribution in [3.8, 4) is 0 Å². The van der Waals surface area contributed by atoms with Gasteiger partial charge in [-0.25, -0.2) is 4.98 Å². The van der Waals surface area contributed by atoms with Gasteiger partial charge in [-0.3, -0.25) is 4.79 Å². The number of amides is 1. The molecule has 1 unspecified atom stereocenters. The van der Waals surface area contributed by atoms with E-state index in [2.05, 4.69) is 31.1 Å². The van der Waals surface area contributed by atoms with Crippen molar-refractivity contribution in [2.75, 3.05) is 5.88 Å². The van der Waals surface area contributed by atoms with E-state index in [1.807, 2.05) is 19.1 Å². The molecule has 0 aliphatic heterocycles. The number of hydrogen-bond acceptors (Lipinski definition) is 2. The van der Waals surface area contributed by atoms with E-state index in [1.54, 1.807) is 6.07 Å². The van der Waals surface area contributed by atoms with Crippen LogP contribution in [0.25, 0.3) is 0 Å². The molecule has 1 aromatic heterocycles. The lowest BCUT2D eigenvalue weighted by molar-refractivity contribution is 0.0895. The minimum absolute atomic E-state index is 0.0195. The van der Waals surface area contributed by atoms with E-state index in [1.165, 1.54) is 0 Å². The molecule has 0 saturated carbocycles. The van der Waals surface area contributed by atoms with Crippen molar-refractivity contribution in [1.29, 1.82) is 0 Å². The summed E-state index contributed by atoms with van der Waals surface area (Å²) in [5.74, 6) is 0.396. The summed E-state index contributed by atoms with van der Waals surface area (Å²) in [5.41, 5.74) is 1.28. The average Bonchev–Trinajstić information content (AvgIpc) is 2.27. The Morgan fingerprint density at radius 3 is 2.61 bits per heavy atom. The fourth-order valence-corrected chi connectivity index (χ4v) is 1.95. The average molecular weight is 269 g/mol. The standard InChI is InChI=1S/C14H21ClN2O/c1-10-6-5-7-11(16-10)13(18)17-12(8-9-15)14(2,3)4/h5-7,12H,8-9H2,1-4H3,(H,17,18). The van der Waals surface area contributed by atoms with Gasteiger partial charge in [0, 0.05) is 17.6 Å². The van der Waals surface area contributed by atoms with E-state index >= 15 is 0 Å². The van der Waals surface area contributed by atoms with Crippen LogP contribution in [0.1, 0.15) is 43.4 Å². The zero-order valence-corrected chi connectivity index (χ0v) is 12.2. The smallest absolute Gasteiger partial charge is 0.270 e. The Bertz CT molecular complexity index is 413. The van der Waals surface area contributed by atoms with Crippen LogP contribution >= 0.6 is 11.6 Å². The zero-order chi connectivity index (χ0) is 13.8. The Morgan fingerprint density at radius 1 is 1.44 bits per heavy atom. The van der Waals surface area contributed by atoms with Gasteiger partial charge in [0.1, 0.15) is 5.69 Å². The predicted octanol–water partition coefficient (Wildman–Crippen LogP) is 3.16. The molecule has 1 atom stereocenters. The summed E-state index contributed by atoms with van der Waals surface area (Å²) in [4.78, 5) is 16.3. The third kappa shape index (κ3) is 4.30. The normalized spacial score (nSPS) is 13.2. The second-order valence-electron chi connectivity index (χ2n) is 5.53. The van der Waals surface area contributed by atoms with Gasteiger partial charge in [0.25, 0.3) is 5.91 Å². The predicted molar refractivity (Wildman–Crippen MR) is 75.0 cm³/mol. The van der Waals surface area contributed by atoms with Crippen LogP contribution in [0, 0.1) is 12.3 Å². The minimum atomic E-state index is -0.135. The minimum Gasteiger partial charge on any atom is -0.347 e. The van der Waals surface area contributed by atoms with E-state index in [9.17, 15) is 4.79 Å². The van der Waals surface area contributed by atoms with Crippen molar-refractivity contribution in [3.63, 3.8) is 0 Å². The van der Waals surface area contributed by atoms with Gasteiger partial charge in [-0.05, 0) is 30.9 Å². The Labute approximate surface area is 114 Å². The van der Waals surface area contributed by atoms with Crippen LogP contribution < -0.4 is 5.32 Å². The van der Waals surface area contributed by atoms with E-state index in [0.717, 1.165) is 12.1 Å². The van der Waals surface area contributed by atoms with Crippen molar-refractivity contribution in [1.82, 2.24) is 10.3 Å². The van der Waals surface area contributed by atoms with E-state index < -0.39 is 0 Å². The number of pyridine rings is 1. The Morgan fingerprint density at radius 2 is 2.11 bits per heavy atom. The number of aryl methyl sites for hydroxylation is 1. The van der Waals surface area contributed by atoms with Gasteiger partial charge in [-0.2, -0.15) is 0 Å². The summed E-state index contributed by atoms with van der Waals surface area (Å²) in [6.45, 7) is 8.15. The number of nitrogens with one attached hydrogen (secondary N) is 1. The van der Waals surface area contributed by atoms with Gasteiger partial charge in [-0.1, -0.05) is 26.8 Å². The molecule has 100 valence electrons. The van der Waals surface area contributed by atoms with Gasteiger partial charge >= 0.3 is 0 Å². The van der Waals surface area contributed by atoms with Gasteiger partial charge < -0.3 is 5.32 Å². The maximum Gasteiger partial charge on any atom is 0.270 e. The maximum absolute atomic E-state index is 12.1. The lowest BCUT2D eigenvalue weighted by Gasteiger charge is -2.31. The first-order valence-corrected chi connectivity index (χ1v) is 6.68. The topological polar surface area (TPSA) is 42.0 Å². The van der Waals surface area contributed by atoms with Crippen LogP contribution in [-0.2, 0) is 0 Å². The number of carbonyl (C=O) groups is 1. The molecule has 0 aromatic carbocycles. The van der Waals surface area contributed by atoms with Crippen LogP contribution in [0.2, 0.25) is 0 Å². The molecule has 1 rings (SSSR count). The molecule has 18 heavy (non-hydrogen) atoms. The van der Waals surface area contributed by atoms with E-state index in [0.29, 0.717) is 11.6 Å². The molecule has 0 aliphatic carbocycles. The number of nitrogens with zero attached hydrogens (tertiary/aromatic N) is 1. The molecule has 0 spiro atoms. The summed E-state index contributed by atoms with van der Waals surface area (Å²) >= 11 is 5.79. The molecule has 4 heteroatoms. The second-order valence-corrected chi connectivity index (χ2v) is 5.91. The fraction of sp³-hybridized carbons (Fsp3) is 0.571. The van der Waals surface area contributed by atoms with Crippen LogP contribution in [0.4, 0.5) is 0 Å². The van der Waals surface area contributed by atoms with Crippen molar-refractivity contribution in [2.45, 2.75) is 40.2 Å². The largest absolute Gasteiger partial charge is 0.347 e. The summed E-state index contributed by atoms with van der Waals surface area (Å²) < 4.78 is 0. The first kappa shape index (κ1) is 15.0. The monoisotopic (exact) mass is 268 g/mol.